The van der Waals surface area contributed by atoms with Gasteiger partial charge in [-0.05, 0) is 12.8 Å². The Labute approximate surface area is 48.8 Å². The molecule has 2 heteroatoms. The molecule has 0 saturated heterocycles. The van der Waals surface area contributed by atoms with Crippen molar-refractivity contribution in [3.63, 3.8) is 0 Å². The minimum Gasteiger partial charge on any atom is -0.516 e. The van der Waals surface area contributed by atoms with Gasteiger partial charge in [0.25, 0.3) is 0 Å². The molecule has 8 heavy (non-hydrogen) atoms. The van der Waals surface area contributed by atoms with Crippen LogP contribution in [0.15, 0.2) is 12.3 Å². The first-order valence-corrected chi connectivity index (χ1v) is 2.64. The van der Waals surface area contributed by atoms with Crippen molar-refractivity contribution in [2.24, 2.45) is 0 Å². The molecule has 2 nitrogen and oxygen atoms in total. The van der Waals surface area contributed by atoms with E-state index in [4.69, 9.17) is 5.11 Å². The van der Waals surface area contributed by atoms with E-state index in [9.17, 15) is 4.79 Å². The number of aldehydes is 1. The quantitative estimate of drug-likeness (QED) is 0.341. The molecule has 0 fully saturated rings. The van der Waals surface area contributed by atoms with Crippen LogP contribution in [0.5, 0.6) is 0 Å². The number of hydrogen-bond donors (Lipinski definition) is 1. The number of carbonyl (C=O) groups excluding carboxylic acids is 1. The third-order valence-corrected chi connectivity index (χ3v) is 0.798. The smallest absolute Gasteiger partial charge is 0.120 e. The molecule has 0 aliphatic carbocycles. The van der Waals surface area contributed by atoms with Gasteiger partial charge in [0.05, 0.1) is 6.26 Å². The predicted molar refractivity (Wildman–Crippen MR) is 31.7 cm³/mol. The molecule has 0 radical (unpaired) electrons. The molecule has 0 saturated carbocycles. The summed E-state index contributed by atoms with van der Waals surface area (Å²) in [5.74, 6) is 0. The Morgan fingerprint density at radius 1 is 1.38 bits per heavy atom. The van der Waals surface area contributed by atoms with Crippen LogP contribution in [0, 0.1) is 0 Å². The molecule has 0 amide bonds. The highest BCUT2D eigenvalue weighted by Gasteiger charge is 1.79. The summed E-state index contributed by atoms with van der Waals surface area (Å²) in [5.41, 5.74) is 0. The fourth-order valence-corrected chi connectivity index (χ4v) is 0.394. The normalized spacial score (nSPS) is 10.0. The topological polar surface area (TPSA) is 37.3 Å². The highest BCUT2D eigenvalue weighted by atomic mass is 16.2. The lowest BCUT2D eigenvalue weighted by Crippen LogP contribution is -1.72. The standard InChI is InChI=1S/C6H10O2/c7-5-3-1-2-4-6-8/h3,5-7H,1-2,4H2/b5-3+. The number of aliphatic hydroxyl groups is 1. The summed E-state index contributed by atoms with van der Waals surface area (Å²) < 4.78 is 0. The summed E-state index contributed by atoms with van der Waals surface area (Å²) in [7, 11) is 0. The number of aliphatic hydroxyl groups excluding tert-OH is 1. The van der Waals surface area contributed by atoms with E-state index in [1.54, 1.807) is 6.08 Å². The molecule has 0 aliphatic rings. The lowest BCUT2D eigenvalue weighted by atomic mass is 10.2. The number of carbonyl (C=O) groups is 1. The summed E-state index contributed by atoms with van der Waals surface area (Å²) in [6.07, 6.45) is 5.72. The van der Waals surface area contributed by atoms with Crippen LogP contribution in [0.3, 0.4) is 0 Å². The molecule has 0 unspecified atom stereocenters. The minimum atomic E-state index is 0.588. The van der Waals surface area contributed by atoms with Gasteiger partial charge in [-0.1, -0.05) is 6.08 Å². The molecule has 0 rings (SSSR count). The molecule has 0 aliphatic heterocycles. The summed E-state index contributed by atoms with van der Waals surface area (Å²) in [5, 5.41) is 8.10. The van der Waals surface area contributed by atoms with Crippen molar-refractivity contribution in [2.45, 2.75) is 19.3 Å². The van der Waals surface area contributed by atoms with E-state index in [2.05, 4.69) is 0 Å². The number of allylic oxidation sites excluding steroid dienone is 1. The second kappa shape index (κ2) is 6.21. The molecule has 0 bridgehead atoms. The van der Waals surface area contributed by atoms with E-state index in [0.717, 1.165) is 25.4 Å². The number of hydrogen-bond acceptors (Lipinski definition) is 2. The maximum Gasteiger partial charge on any atom is 0.120 e. The summed E-state index contributed by atoms with van der Waals surface area (Å²) in [4.78, 5) is 9.68. The lowest BCUT2D eigenvalue weighted by molar-refractivity contribution is -0.107. The molecular formula is C6H10O2. The SMILES string of the molecule is O=CCCC/C=C/O. The first kappa shape index (κ1) is 7.21. The Kier molecular flexibility index (Phi) is 5.60. The van der Waals surface area contributed by atoms with Crippen molar-refractivity contribution < 1.29 is 9.90 Å². The molecule has 0 heterocycles. The van der Waals surface area contributed by atoms with Gasteiger partial charge in [-0.2, -0.15) is 0 Å². The second-order valence-electron chi connectivity index (χ2n) is 1.48. The van der Waals surface area contributed by atoms with Gasteiger partial charge >= 0.3 is 0 Å². The van der Waals surface area contributed by atoms with Gasteiger partial charge in [-0.15, -0.1) is 0 Å². The highest BCUT2D eigenvalue weighted by Crippen LogP contribution is 1.91. The zero-order valence-corrected chi connectivity index (χ0v) is 4.71. The summed E-state index contributed by atoms with van der Waals surface area (Å²) >= 11 is 0. The van der Waals surface area contributed by atoms with Crippen molar-refractivity contribution in [2.75, 3.05) is 0 Å². The third kappa shape index (κ3) is 5.21. The monoisotopic (exact) mass is 114 g/mol. The average molecular weight is 114 g/mol. The molecule has 0 atom stereocenters. The summed E-state index contributed by atoms with van der Waals surface area (Å²) in [6, 6.07) is 0. The predicted octanol–water partition coefficient (Wildman–Crippen LogP) is 1.43. The Balaban J connectivity index is 2.82. The van der Waals surface area contributed by atoms with Crippen LogP contribution in [0.1, 0.15) is 19.3 Å². The fraction of sp³-hybridized carbons (Fsp3) is 0.500. The molecular weight excluding hydrogens is 104 g/mol. The molecule has 1 N–H and O–H groups in total. The van der Waals surface area contributed by atoms with Crippen LogP contribution in [0.2, 0.25) is 0 Å². The van der Waals surface area contributed by atoms with Crippen molar-refractivity contribution >= 4 is 6.29 Å². The van der Waals surface area contributed by atoms with Gasteiger partial charge in [-0.3, -0.25) is 0 Å². The van der Waals surface area contributed by atoms with E-state index < -0.39 is 0 Å². The van der Waals surface area contributed by atoms with E-state index in [1.165, 1.54) is 0 Å². The molecule has 0 aromatic heterocycles. The molecule has 0 aromatic rings. The van der Waals surface area contributed by atoms with E-state index >= 15 is 0 Å². The molecule has 46 valence electrons. The van der Waals surface area contributed by atoms with Crippen molar-refractivity contribution in [3.8, 4) is 0 Å². The first-order valence-electron chi connectivity index (χ1n) is 2.64. The summed E-state index contributed by atoms with van der Waals surface area (Å²) in [6.45, 7) is 0. The molecule has 0 aromatic carbocycles. The van der Waals surface area contributed by atoms with Crippen LogP contribution in [0.25, 0.3) is 0 Å². The minimum absolute atomic E-state index is 0.588. The van der Waals surface area contributed by atoms with Crippen LogP contribution in [-0.4, -0.2) is 11.4 Å². The zero-order chi connectivity index (χ0) is 6.24. The molecule has 0 spiro atoms. The van der Waals surface area contributed by atoms with Crippen LogP contribution in [-0.2, 0) is 4.79 Å². The first-order chi connectivity index (χ1) is 3.91. The highest BCUT2D eigenvalue weighted by molar-refractivity contribution is 5.48. The Bertz CT molecular complexity index is 76.6. The van der Waals surface area contributed by atoms with Gasteiger partial charge in [0.2, 0.25) is 0 Å². The van der Waals surface area contributed by atoms with E-state index in [-0.39, 0.29) is 0 Å². The van der Waals surface area contributed by atoms with Crippen LogP contribution < -0.4 is 0 Å². The van der Waals surface area contributed by atoms with E-state index in [0.29, 0.717) is 6.42 Å². The van der Waals surface area contributed by atoms with Crippen molar-refractivity contribution in [1.82, 2.24) is 0 Å². The van der Waals surface area contributed by atoms with Crippen molar-refractivity contribution in [3.05, 3.63) is 12.3 Å². The zero-order valence-electron chi connectivity index (χ0n) is 4.71. The average Bonchev–Trinajstić information content (AvgIpc) is 1.81. The van der Waals surface area contributed by atoms with Gasteiger partial charge in [-0.25, -0.2) is 0 Å². The van der Waals surface area contributed by atoms with Crippen LogP contribution >= 0.6 is 0 Å². The van der Waals surface area contributed by atoms with E-state index in [1.807, 2.05) is 0 Å². The Hall–Kier alpha value is -0.790. The van der Waals surface area contributed by atoms with Crippen LogP contribution in [0.4, 0.5) is 0 Å². The fourth-order valence-electron chi connectivity index (χ4n) is 0.394. The maximum absolute atomic E-state index is 9.68. The van der Waals surface area contributed by atoms with Gasteiger partial charge in [0, 0.05) is 6.42 Å². The van der Waals surface area contributed by atoms with Gasteiger partial charge < -0.3 is 9.90 Å². The largest absolute Gasteiger partial charge is 0.516 e. The third-order valence-electron chi connectivity index (χ3n) is 0.798. The van der Waals surface area contributed by atoms with Gasteiger partial charge in [0.1, 0.15) is 6.29 Å². The second-order valence-corrected chi connectivity index (χ2v) is 1.48. The number of rotatable bonds is 4. The Morgan fingerprint density at radius 3 is 2.62 bits per heavy atom. The van der Waals surface area contributed by atoms with Gasteiger partial charge in [0.15, 0.2) is 0 Å². The lowest BCUT2D eigenvalue weighted by Gasteiger charge is -1.82. The number of unbranched alkanes of at least 4 members (excludes halogenated alkanes) is 2. The maximum atomic E-state index is 9.68. The van der Waals surface area contributed by atoms with Crippen molar-refractivity contribution in [1.29, 1.82) is 0 Å². The Morgan fingerprint density at radius 2 is 2.12 bits per heavy atom.